The van der Waals surface area contributed by atoms with Crippen molar-refractivity contribution in [3.63, 3.8) is 0 Å². The van der Waals surface area contributed by atoms with Crippen LogP contribution in [0.5, 0.6) is 0 Å². The van der Waals surface area contributed by atoms with Crippen molar-refractivity contribution in [2.24, 2.45) is 5.41 Å². The Balaban J connectivity index is 1.84. The van der Waals surface area contributed by atoms with Gasteiger partial charge >= 0.3 is 0 Å². The first kappa shape index (κ1) is 6.18. The molecule has 1 saturated carbocycles. The van der Waals surface area contributed by atoms with Crippen molar-refractivity contribution < 1.29 is 0 Å². The lowest BCUT2D eigenvalue weighted by molar-refractivity contribution is 0.159. The number of nitriles is 1. The molecule has 0 aromatic carbocycles. The first-order chi connectivity index (χ1) is 4.85. The summed E-state index contributed by atoms with van der Waals surface area (Å²) in [5, 5.41) is 8.75. The molecule has 2 heteroatoms. The van der Waals surface area contributed by atoms with Gasteiger partial charge in [-0.3, -0.25) is 0 Å². The Morgan fingerprint density at radius 2 is 2.10 bits per heavy atom. The van der Waals surface area contributed by atoms with E-state index in [1.165, 1.54) is 19.5 Å². The Hall–Kier alpha value is -0.550. The second-order valence-corrected chi connectivity index (χ2v) is 3.52. The van der Waals surface area contributed by atoms with Crippen LogP contribution in [0.3, 0.4) is 0 Å². The van der Waals surface area contributed by atoms with Crippen molar-refractivity contribution >= 4 is 0 Å². The van der Waals surface area contributed by atoms with Crippen LogP contribution in [0.15, 0.2) is 0 Å². The summed E-state index contributed by atoms with van der Waals surface area (Å²) in [6, 6.07) is 2.41. The van der Waals surface area contributed by atoms with Gasteiger partial charge in [0.25, 0.3) is 0 Å². The van der Waals surface area contributed by atoms with Crippen LogP contribution < -0.4 is 0 Å². The molecule has 0 radical (unpaired) electrons. The second kappa shape index (κ2) is 1.96. The van der Waals surface area contributed by atoms with Crippen molar-refractivity contribution in [3.05, 3.63) is 0 Å². The van der Waals surface area contributed by atoms with E-state index in [0.717, 1.165) is 19.4 Å². The maximum Gasteiger partial charge on any atom is 0.0703 e. The van der Waals surface area contributed by atoms with Crippen molar-refractivity contribution in [2.45, 2.75) is 19.3 Å². The van der Waals surface area contributed by atoms with Crippen LogP contribution in [0.25, 0.3) is 0 Å². The summed E-state index contributed by atoms with van der Waals surface area (Å²) in [7, 11) is 0. The molecular weight excluding hydrogens is 124 g/mol. The van der Waals surface area contributed by atoms with Crippen LogP contribution in [-0.4, -0.2) is 24.5 Å². The lowest BCUT2D eigenvalue weighted by Crippen LogP contribution is -2.40. The fraction of sp³-hybridized carbons (Fsp3) is 0.875. The van der Waals surface area contributed by atoms with Gasteiger partial charge in [0.2, 0.25) is 0 Å². The maximum absolute atomic E-state index is 8.75. The number of hydrogen-bond acceptors (Lipinski definition) is 2. The van der Waals surface area contributed by atoms with Gasteiger partial charge in [0.1, 0.15) is 0 Å². The zero-order valence-corrected chi connectivity index (χ0v) is 6.14. The van der Waals surface area contributed by atoms with Crippen LogP contribution in [0.2, 0.25) is 0 Å². The van der Waals surface area contributed by atoms with Gasteiger partial charge in [-0.05, 0) is 32.4 Å². The molecule has 10 heavy (non-hydrogen) atoms. The molecule has 0 aromatic rings. The molecule has 2 nitrogen and oxygen atoms in total. The third-order valence-electron chi connectivity index (χ3n) is 2.57. The molecule has 1 heterocycles. The van der Waals surface area contributed by atoms with Crippen LogP contribution in [-0.2, 0) is 0 Å². The van der Waals surface area contributed by atoms with Crippen molar-refractivity contribution in [2.75, 3.05) is 19.6 Å². The van der Waals surface area contributed by atoms with Crippen LogP contribution in [0.1, 0.15) is 19.3 Å². The van der Waals surface area contributed by atoms with Crippen molar-refractivity contribution in [1.82, 2.24) is 4.90 Å². The summed E-state index contributed by atoms with van der Waals surface area (Å²) in [6.07, 6.45) is 3.61. The minimum absolute atomic E-state index is 0.0976. The zero-order chi connectivity index (χ0) is 7.03. The summed E-state index contributed by atoms with van der Waals surface area (Å²) < 4.78 is 0. The standard InChI is InChI=1S/C8H12N2/c9-6-8(2-3-8)7-10-4-1-5-10/h1-5,7H2. The van der Waals surface area contributed by atoms with Crippen molar-refractivity contribution in [1.29, 1.82) is 5.26 Å². The smallest absolute Gasteiger partial charge is 0.0703 e. The molecule has 0 amide bonds. The Morgan fingerprint density at radius 3 is 2.40 bits per heavy atom. The third-order valence-corrected chi connectivity index (χ3v) is 2.57. The van der Waals surface area contributed by atoms with Crippen LogP contribution >= 0.6 is 0 Å². The molecule has 0 bridgehead atoms. The van der Waals surface area contributed by atoms with E-state index in [4.69, 9.17) is 5.26 Å². The fourth-order valence-electron chi connectivity index (χ4n) is 1.42. The molecule has 2 rings (SSSR count). The van der Waals surface area contributed by atoms with Gasteiger partial charge < -0.3 is 4.90 Å². The van der Waals surface area contributed by atoms with E-state index in [2.05, 4.69) is 11.0 Å². The molecule has 0 atom stereocenters. The Labute approximate surface area is 61.4 Å². The number of nitrogens with zero attached hydrogens (tertiary/aromatic N) is 2. The number of hydrogen-bond donors (Lipinski definition) is 0. The molecule has 1 saturated heterocycles. The molecule has 0 unspecified atom stereocenters. The summed E-state index contributed by atoms with van der Waals surface area (Å²) in [5.74, 6) is 0. The minimum atomic E-state index is 0.0976. The summed E-state index contributed by atoms with van der Waals surface area (Å²) >= 11 is 0. The third kappa shape index (κ3) is 0.911. The number of rotatable bonds is 2. The van der Waals surface area contributed by atoms with E-state index in [-0.39, 0.29) is 5.41 Å². The van der Waals surface area contributed by atoms with Gasteiger partial charge in [-0.15, -0.1) is 0 Å². The Kier molecular flexibility index (Phi) is 1.21. The average molecular weight is 136 g/mol. The second-order valence-electron chi connectivity index (χ2n) is 3.52. The van der Waals surface area contributed by atoms with Crippen LogP contribution in [0, 0.1) is 16.7 Å². The maximum atomic E-state index is 8.75. The minimum Gasteiger partial charge on any atom is -0.302 e. The average Bonchev–Trinajstić information content (AvgIpc) is 2.60. The van der Waals surface area contributed by atoms with Crippen molar-refractivity contribution in [3.8, 4) is 6.07 Å². The lowest BCUT2D eigenvalue weighted by Gasteiger charge is -2.32. The number of likely N-dealkylation sites (tertiary alicyclic amines) is 1. The molecule has 0 spiro atoms. The lowest BCUT2D eigenvalue weighted by atomic mass is 10.1. The van der Waals surface area contributed by atoms with Gasteiger partial charge in [0.15, 0.2) is 0 Å². The topological polar surface area (TPSA) is 27.0 Å². The quantitative estimate of drug-likeness (QED) is 0.566. The Bertz CT molecular complexity index is 172. The highest BCUT2D eigenvalue weighted by molar-refractivity contribution is 5.11. The molecule has 1 aliphatic heterocycles. The molecule has 2 fully saturated rings. The van der Waals surface area contributed by atoms with E-state index in [9.17, 15) is 0 Å². The zero-order valence-electron chi connectivity index (χ0n) is 6.14. The predicted molar refractivity (Wildman–Crippen MR) is 38.3 cm³/mol. The molecule has 54 valence electrons. The van der Waals surface area contributed by atoms with E-state index >= 15 is 0 Å². The van der Waals surface area contributed by atoms with E-state index in [1.54, 1.807) is 0 Å². The molecule has 1 aliphatic carbocycles. The molecule has 2 aliphatic rings. The van der Waals surface area contributed by atoms with E-state index in [1.807, 2.05) is 0 Å². The summed E-state index contributed by atoms with van der Waals surface area (Å²) in [6.45, 7) is 3.50. The monoisotopic (exact) mass is 136 g/mol. The summed E-state index contributed by atoms with van der Waals surface area (Å²) in [4.78, 5) is 2.39. The largest absolute Gasteiger partial charge is 0.302 e. The summed E-state index contributed by atoms with van der Waals surface area (Å²) in [5.41, 5.74) is 0.0976. The highest BCUT2D eigenvalue weighted by Crippen LogP contribution is 2.45. The van der Waals surface area contributed by atoms with Gasteiger partial charge in [-0.1, -0.05) is 0 Å². The normalized spacial score (nSPS) is 28.7. The molecule has 0 aromatic heterocycles. The highest BCUT2D eigenvalue weighted by atomic mass is 15.2. The highest BCUT2D eigenvalue weighted by Gasteiger charge is 2.44. The molecular formula is C8H12N2. The Morgan fingerprint density at radius 1 is 1.40 bits per heavy atom. The van der Waals surface area contributed by atoms with Gasteiger partial charge in [0, 0.05) is 6.54 Å². The first-order valence-electron chi connectivity index (χ1n) is 3.98. The van der Waals surface area contributed by atoms with Gasteiger partial charge in [-0.2, -0.15) is 5.26 Å². The predicted octanol–water partition coefficient (Wildman–Crippen LogP) is 0.996. The van der Waals surface area contributed by atoms with E-state index < -0.39 is 0 Å². The SMILES string of the molecule is N#CC1(CN2CCC2)CC1. The van der Waals surface area contributed by atoms with Gasteiger partial charge in [0.05, 0.1) is 11.5 Å². The van der Waals surface area contributed by atoms with E-state index in [0.29, 0.717) is 0 Å². The first-order valence-corrected chi connectivity index (χ1v) is 3.98. The molecule has 0 N–H and O–H groups in total. The fourth-order valence-corrected chi connectivity index (χ4v) is 1.42. The van der Waals surface area contributed by atoms with Crippen LogP contribution in [0.4, 0.5) is 0 Å². The van der Waals surface area contributed by atoms with Gasteiger partial charge in [-0.25, -0.2) is 0 Å².